The average Bonchev–Trinajstić information content (AvgIpc) is 2.60. The summed E-state index contributed by atoms with van der Waals surface area (Å²) in [6.45, 7) is 6.89. The number of rotatable bonds is 3. The normalized spacial score (nSPS) is 15.9. The topological polar surface area (TPSA) is 59.5 Å². The van der Waals surface area contributed by atoms with E-state index in [4.69, 9.17) is 4.74 Å². The lowest BCUT2D eigenvalue weighted by molar-refractivity contribution is 0.0183. The van der Waals surface area contributed by atoms with Gasteiger partial charge in [-0.2, -0.15) is 0 Å². The number of carbonyl (C=O) groups is 2. The predicted octanol–water partition coefficient (Wildman–Crippen LogP) is 4.45. The molecular formula is C21H26N2O3. The maximum Gasteiger partial charge on any atom is 0.410 e. The van der Waals surface area contributed by atoms with Crippen LogP contribution < -0.4 is 0 Å². The number of Topliss-reactive ketones (excluding diaryl/α,β-unsaturated/α-hetero) is 1. The average molecular weight is 354 g/mol. The smallest absolute Gasteiger partial charge is 0.410 e. The van der Waals surface area contributed by atoms with Crippen LogP contribution in [0, 0.1) is 5.92 Å². The number of amides is 1. The first kappa shape index (κ1) is 18.4. The molecule has 3 rings (SSSR count). The molecule has 0 N–H and O–H groups in total. The van der Waals surface area contributed by atoms with Gasteiger partial charge >= 0.3 is 6.09 Å². The first-order chi connectivity index (χ1) is 12.3. The molecule has 1 saturated heterocycles. The van der Waals surface area contributed by atoms with Gasteiger partial charge in [0, 0.05) is 36.7 Å². The number of nitrogens with zero attached hydrogens (tertiary/aromatic N) is 2. The van der Waals surface area contributed by atoms with E-state index in [1.165, 1.54) is 0 Å². The molecule has 0 spiro atoms. The Kier molecular flexibility index (Phi) is 5.25. The number of ketones is 1. The third kappa shape index (κ3) is 4.59. The molecular weight excluding hydrogens is 328 g/mol. The Bertz CT molecular complexity index is 802. The van der Waals surface area contributed by atoms with Crippen molar-refractivity contribution in [1.82, 2.24) is 9.88 Å². The van der Waals surface area contributed by atoms with E-state index in [1.807, 2.05) is 51.1 Å². The summed E-state index contributed by atoms with van der Waals surface area (Å²) in [6.07, 6.45) is 3.56. The fraction of sp³-hybridized carbons (Fsp3) is 0.476. The third-order valence-electron chi connectivity index (χ3n) is 4.65. The highest BCUT2D eigenvalue weighted by molar-refractivity contribution is 5.98. The van der Waals surface area contributed by atoms with Crippen LogP contribution in [0.2, 0.25) is 0 Å². The Morgan fingerprint density at radius 1 is 1.19 bits per heavy atom. The molecule has 1 amide bonds. The molecule has 0 bridgehead atoms. The van der Waals surface area contributed by atoms with Gasteiger partial charge in [0.2, 0.25) is 0 Å². The summed E-state index contributed by atoms with van der Waals surface area (Å²) in [5, 5.41) is 0.984. The Labute approximate surface area is 154 Å². The van der Waals surface area contributed by atoms with E-state index >= 15 is 0 Å². The number of fused-ring (bicyclic) bond motifs is 1. The molecule has 1 aromatic carbocycles. The van der Waals surface area contributed by atoms with Crippen LogP contribution in [0.15, 0.2) is 36.5 Å². The van der Waals surface area contributed by atoms with Crippen LogP contribution in [0.4, 0.5) is 4.79 Å². The van der Waals surface area contributed by atoms with Crippen LogP contribution in [0.25, 0.3) is 10.9 Å². The second kappa shape index (κ2) is 7.44. The Morgan fingerprint density at radius 3 is 2.58 bits per heavy atom. The number of hydrogen-bond acceptors (Lipinski definition) is 4. The molecule has 0 atom stereocenters. The van der Waals surface area contributed by atoms with Crippen LogP contribution in [-0.2, 0) is 4.74 Å². The van der Waals surface area contributed by atoms with E-state index in [0.29, 0.717) is 31.0 Å². The van der Waals surface area contributed by atoms with E-state index in [2.05, 4.69) is 4.98 Å². The molecule has 2 aromatic rings. The first-order valence-corrected chi connectivity index (χ1v) is 9.18. The summed E-state index contributed by atoms with van der Waals surface area (Å²) < 4.78 is 5.42. The number of likely N-dealkylation sites (tertiary alicyclic amines) is 1. The van der Waals surface area contributed by atoms with Crippen LogP contribution >= 0.6 is 0 Å². The molecule has 0 unspecified atom stereocenters. The fourth-order valence-corrected chi connectivity index (χ4v) is 3.25. The van der Waals surface area contributed by atoms with Gasteiger partial charge in [-0.05, 0) is 51.7 Å². The summed E-state index contributed by atoms with van der Waals surface area (Å²) in [5.74, 6) is 0.423. The Balaban J connectivity index is 1.55. The summed E-state index contributed by atoms with van der Waals surface area (Å²) >= 11 is 0. The molecule has 138 valence electrons. The molecule has 5 nitrogen and oxygen atoms in total. The number of aromatic nitrogens is 1. The molecule has 26 heavy (non-hydrogen) atoms. The number of ether oxygens (including phenoxy) is 1. The highest BCUT2D eigenvalue weighted by Gasteiger charge is 2.28. The molecule has 0 saturated carbocycles. The van der Waals surface area contributed by atoms with Gasteiger partial charge in [0.15, 0.2) is 5.78 Å². The minimum atomic E-state index is -0.479. The molecule has 1 aliphatic heterocycles. The molecule has 1 fully saturated rings. The minimum Gasteiger partial charge on any atom is -0.444 e. The zero-order chi connectivity index (χ0) is 18.7. The monoisotopic (exact) mass is 354 g/mol. The van der Waals surface area contributed by atoms with Gasteiger partial charge in [0.05, 0.1) is 5.52 Å². The number of para-hydroxylation sites is 1. The predicted molar refractivity (Wildman–Crippen MR) is 101 cm³/mol. The van der Waals surface area contributed by atoms with E-state index in [0.717, 1.165) is 23.7 Å². The van der Waals surface area contributed by atoms with Crippen molar-refractivity contribution in [1.29, 1.82) is 0 Å². The van der Waals surface area contributed by atoms with Gasteiger partial charge in [0.25, 0.3) is 0 Å². The van der Waals surface area contributed by atoms with Crippen molar-refractivity contribution in [3.63, 3.8) is 0 Å². The minimum absolute atomic E-state index is 0.124. The molecule has 0 aliphatic carbocycles. The van der Waals surface area contributed by atoms with Crippen LogP contribution in [-0.4, -0.2) is 40.5 Å². The van der Waals surface area contributed by atoms with Crippen molar-refractivity contribution >= 4 is 22.8 Å². The number of benzene rings is 1. The molecule has 1 aromatic heterocycles. The van der Waals surface area contributed by atoms with Crippen LogP contribution in [0.3, 0.4) is 0 Å². The van der Waals surface area contributed by atoms with Gasteiger partial charge in [-0.3, -0.25) is 9.78 Å². The number of piperidine rings is 1. The number of carbonyl (C=O) groups excluding carboxylic acids is 2. The summed E-state index contributed by atoms with van der Waals surface area (Å²) in [5.41, 5.74) is 1.08. The van der Waals surface area contributed by atoms with Gasteiger partial charge in [0.1, 0.15) is 5.60 Å². The molecule has 1 aliphatic rings. The highest BCUT2D eigenvalue weighted by Crippen LogP contribution is 2.24. The SMILES string of the molecule is CC(C)(C)OC(=O)N1CCC(CC(=O)c2cnc3ccccc3c2)CC1. The quantitative estimate of drug-likeness (QED) is 0.764. The molecule has 2 heterocycles. The van der Waals surface area contributed by atoms with E-state index in [-0.39, 0.29) is 11.9 Å². The van der Waals surface area contributed by atoms with Gasteiger partial charge in [-0.25, -0.2) is 4.79 Å². The van der Waals surface area contributed by atoms with Gasteiger partial charge < -0.3 is 9.64 Å². The second-order valence-corrected chi connectivity index (χ2v) is 7.95. The summed E-state index contributed by atoms with van der Waals surface area (Å²) in [4.78, 5) is 30.8. The Hall–Kier alpha value is -2.43. The van der Waals surface area contributed by atoms with E-state index in [1.54, 1.807) is 11.1 Å². The molecule has 5 heteroatoms. The second-order valence-electron chi connectivity index (χ2n) is 7.95. The summed E-state index contributed by atoms with van der Waals surface area (Å²) in [6, 6.07) is 9.72. The van der Waals surface area contributed by atoms with Crippen molar-refractivity contribution < 1.29 is 14.3 Å². The standard InChI is InChI=1S/C21H26N2O3/c1-21(2,3)26-20(25)23-10-8-15(9-11-23)12-19(24)17-13-16-6-4-5-7-18(16)22-14-17/h4-7,13-15H,8-12H2,1-3H3. The largest absolute Gasteiger partial charge is 0.444 e. The van der Waals surface area contributed by atoms with Crippen LogP contribution in [0.1, 0.15) is 50.4 Å². The zero-order valence-electron chi connectivity index (χ0n) is 15.7. The molecule has 0 radical (unpaired) electrons. The van der Waals surface area contributed by atoms with Gasteiger partial charge in [-0.1, -0.05) is 18.2 Å². The first-order valence-electron chi connectivity index (χ1n) is 9.18. The maximum absolute atomic E-state index is 12.6. The number of hydrogen-bond donors (Lipinski definition) is 0. The zero-order valence-corrected chi connectivity index (χ0v) is 15.7. The Morgan fingerprint density at radius 2 is 1.88 bits per heavy atom. The lowest BCUT2D eigenvalue weighted by Crippen LogP contribution is -2.42. The maximum atomic E-state index is 12.6. The van der Waals surface area contributed by atoms with E-state index in [9.17, 15) is 9.59 Å². The van der Waals surface area contributed by atoms with Gasteiger partial charge in [-0.15, -0.1) is 0 Å². The third-order valence-corrected chi connectivity index (χ3v) is 4.65. The van der Waals surface area contributed by atoms with Crippen LogP contribution in [0.5, 0.6) is 0 Å². The highest BCUT2D eigenvalue weighted by atomic mass is 16.6. The number of pyridine rings is 1. The van der Waals surface area contributed by atoms with E-state index < -0.39 is 5.60 Å². The fourth-order valence-electron chi connectivity index (χ4n) is 3.25. The summed E-state index contributed by atoms with van der Waals surface area (Å²) in [7, 11) is 0. The van der Waals surface area contributed by atoms with Crippen molar-refractivity contribution in [2.75, 3.05) is 13.1 Å². The van der Waals surface area contributed by atoms with Crippen molar-refractivity contribution in [3.05, 3.63) is 42.1 Å². The van der Waals surface area contributed by atoms with Crippen molar-refractivity contribution in [2.45, 2.75) is 45.6 Å². The lowest BCUT2D eigenvalue weighted by Gasteiger charge is -2.33. The lowest BCUT2D eigenvalue weighted by atomic mass is 9.90. The van der Waals surface area contributed by atoms with Crippen molar-refractivity contribution in [2.24, 2.45) is 5.92 Å². The van der Waals surface area contributed by atoms with Crippen molar-refractivity contribution in [3.8, 4) is 0 Å².